The molecule has 4 nitrogen and oxygen atoms in total. The molecule has 0 spiro atoms. The number of hydrogen-bond acceptors (Lipinski definition) is 3. The fourth-order valence-electron chi connectivity index (χ4n) is 2.27. The molecule has 22 heavy (non-hydrogen) atoms. The van der Waals surface area contributed by atoms with Gasteiger partial charge in [0.25, 0.3) is 0 Å². The van der Waals surface area contributed by atoms with Gasteiger partial charge in [0, 0.05) is 16.5 Å². The third-order valence-electron chi connectivity index (χ3n) is 3.54. The molecule has 122 valence electrons. The molecular formula is C16H20Cl2O4. The van der Waals surface area contributed by atoms with Crippen molar-refractivity contribution in [3.8, 4) is 0 Å². The van der Waals surface area contributed by atoms with Crippen molar-refractivity contribution in [2.75, 3.05) is 6.61 Å². The topological polar surface area (TPSA) is 63.6 Å². The number of hydrogen-bond donors (Lipinski definition) is 1. The van der Waals surface area contributed by atoms with Gasteiger partial charge in [-0.25, -0.2) is 0 Å². The molecular weight excluding hydrogens is 327 g/mol. The minimum atomic E-state index is -1.62. The van der Waals surface area contributed by atoms with E-state index in [1.807, 2.05) is 6.92 Å². The smallest absolute Gasteiger partial charge is 0.323 e. The Morgan fingerprint density at radius 1 is 1.27 bits per heavy atom. The van der Waals surface area contributed by atoms with Crippen LogP contribution in [0, 0.1) is 5.41 Å². The van der Waals surface area contributed by atoms with E-state index in [2.05, 4.69) is 0 Å². The lowest BCUT2D eigenvalue weighted by Crippen LogP contribution is -2.42. The molecule has 1 N–H and O–H groups in total. The molecule has 1 rings (SSSR count). The molecule has 0 fully saturated rings. The average Bonchev–Trinajstić information content (AvgIpc) is 2.45. The summed E-state index contributed by atoms with van der Waals surface area (Å²) in [5.74, 6) is -1.91. The Morgan fingerprint density at radius 3 is 2.45 bits per heavy atom. The Morgan fingerprint density at radius 2 is 1.95 bits per heavy atom. The van der Waals surface area contributed by atoms with Crippen LogP contribution in [0.4, 0.5) is 0 Å². The van der Waals surface area contributed by atoms with Gasteiger partial charge in [-0.3, -0.25) is 9.59 Å². The summed E-state index contributed by atoms with van der Waals surface area (Å²) in [6, 6.07) is 4.81. The largest absolute Gasteiger partial charge is 0.480 e. The van der Waals surface area contributed by atoms with E-state index in [0.717, 1.165) is 6.42 Å². The highest BCUT2D eigenvalue weighted by Crippen LogP contribution is 2.35. The number of carbonyl (C=O) groups excluding carboxylic acids is 1. The number of halogens is 2. The first-order valence-corrected chi connectivity index (χ1v) is 7.97. The number of rotatable bonds is 8. The maximum atomic E-state index is 12.3. The van der Waals surface area contributed by atoms with Crippen molar-refractivity contribution in [3.63, 3.8) is 0 Å². The summed E-state index contributed by atoms with van der Waals surface area (Å²) in [7, 11) is 0. The van der Waals surface area contributed by atoms with Crippen LogP contribution in [-0.2, 0) is 20.7 Å². The van der Waals surface area contributed by atoms with E-state index in [1.54, 1.807) is 19.1 Å². The van der Waals surface area contributed by atoms with E-state index in [9.17, 15) is 14.7 Å². The SMILES string of the molecule is CCCCC(Cc1ccc(Cl)cc1Cl)(C(=O)O)C(=O)OCC. The van der Waals surface area contributed by atoms with Crippen LogP contribution in [0.1, 0.15) is 38.7 Å². The quantitative estimate of drug-likeness (QED) is 0.561. The van der Waals surface area contributed by atoms with Gasteiger partial charge in [-0.2, -0.15) is 0 Å². The molecule has 1 aromatic rings. The molecule has 0 aliphatic rings. The third kappa shape index (κ3) is 4.37. The monoisotopic (exact) mass is 346 g/mol. The van der Waals surface area contributed by atoms with Gasteiger partial charge in [0.2, 0.25) is 0 Å². The molecule has 0 aliphatic heterocycles. The lowest BCUT2D eigenvalue weighted by atomic mass is 9.77. The molecule has 0 heterocycles. The van der Waals surface area contributed by atoms with Crippen molar-refractivity contribution in [2.24, 2.45) is 5.41 Å². The first-order valence-electron chi connectivity index (χ1n) is 7.22. The summed E-state index contributed by atoms with van der Waals surface area (Å²) < 4.78 is 5.01. The molecule has 0 saturated heterocycles. The van der Waals surface area contributed by atoms with E-state index < -0.39 is 17.4 Å². The third-order valence-corrected chi connectivity index (χ3v) is 4.13. The minimum Gasteiger partial charge on any atom is -0.480 e. The molecule has 0 amide bonds. The number of esters is 1. The zero-order valence-electron chi connectivity index (χ0n) is 12.7. The lowest BCUT2D eigenvalue weighted by molar-refractivity contribution is -0.169. The molecule has 0 aromatic heterocycles. The first kappa shape index (κ1) is 18.8. The highest BCUT2D eigenvalue weighted by Gasteiger charge is 2.47. The molecule has 0 radical (unpaired) electrons. The predicted molar refractivity (Wildman–Crippen MR) is 86.4 cm³/mol. The number of carboxylic acids is 1. The van der Waals surface area contributed by atoms with Crippen molar-refractivity contribution in [2.45, 2.75) is 39.5 Å². The van der Waals surface area contributed by atoms with Crippen LogP contribution in [0.5, 0.6) is 0 Å². The fourth-order valence-corrected chi connectivity index (χ4v) is 2.75. The van der Waals surface area contributed by atoms with E-state index in [4.69, 9.17) is 27.9 Å². The van der Waals surface area contributed by atoms with Gasteiger partial charge in [-0.15, -0.1) is 0 Å². The highest BCUT2D eigenvalue weighted by atomic mass is 35.5. The number of aliphatic carboxylic acids is 1. The van der Waals surface area contributed by atoms with Crippen LogP contribution in [0.15, 0.2) is 18.2 Å². The van der Waals surface area contributed by atoms with Crippen molar-refractivity contribution in [1.82, 2.24) is 0 Å². The lowest BCUT2D eigenvalue weighted by Gasteiger charge is -2.27. The maximum Gasteiger partial charge on any atom is 0.323 e. The Hall–Kier alpha value is -1.26. The maximum absolute atomic E-state index is 12.3. The molecule has 1 unspecified atom stereocenters. The Kier molecular flexibility index (Phi) is 7.17. The Balaban J connectivity index is 3.22. The van der Waals surface area contributed by atoms with Gasteiger partial charge in [0.1, 0.15) is 0 Å². The molecule has 0 saturated carbocycles. The molecule has 1 aromatic carbocycles. The normalized spacial score (nSPS) is 13.5. The minimum absolute atomic E-state index is 0.0167. The van der Waals surface area contributed by atoms with Crippen molar-refractivity contribution >= 4 is 35.1 Å². The Bertz CT molecular complexity index is 545. The van der Waals surface area contributed by atoms with E-state index >= 15 is 0 Å². The predicted octanol–water partition coefficient (Wildman–Crippen LogP) is 4.36. The van der Waals surface area contributed by atoms with Gasteiger partial charge in [0.15, 0.2) is 5.41 Å². The number of carboxylic acid groups (broad SMARTS) is 1. The van der Waals surface area contributed by atoms with Crippen LogP contribution in [-0.4, -0.2) is 23.7 Å². The van der Waals surface area contributed by atoms with Crippen molar-refractivity contribution in [3.05, 3.63) is 33.8 Å². The summed E-state index contributed by atoms with van der Waals surface area (Å²) in [5, 5.41) is 10.5. The summed E-state index contributed by atoms with van der Waals surface area (Å²) >= 11 is 12.0. The number of unbranched alkanes of at least 4 members (excludes halogenated alkanes) is 1. The second-order valence-corrected chi connectivity index (χ2v) is 5.97. The van der Waals surface area contributed by atoms with Crippen LogP contribution in [0.3, 0.4) is 0 Å². The fraction of sp³-hybridized carbons (Fsp3) is 0.500. The van der Waals surface area contributed by atoms with Gasteiger partial charge in [0.05, 0.1) is 6.61 Å². The van der Waals surface area contributed by atoms with Crippen LogP contribution >= 0.6 is 23.2 Å². The first-order chi connectivity index (χ1) is 10.4. The van der Waals surface area contributed by atoms with E-state index in [0.29, 0.717) is 22.0 Å². The Labute approximate surface area is 140 Å². The summed E-state index contributed by atoms with van der Waals surface area (Å²) in [5.41, 5.74) is -1.05. The van der Waals surface area contributed by atoms with Gasteiger partial charge >= 0.3 is 11.9 Å². The number of carbonyl (C=O) groups is 2. The van der Waals surface area contributed by atoms with Crippen LogP contribution in [0.2, 0.25) is 10.0 Å². The average molecular weight is 347 g/mol. The molecule has 1 atom stereocenters. The van der Waals surface area contributed by atoms with Crippen molar-refractivity contribution in [1.29, 1.82) is 0 Å². The second-order valence-electron chi connectivity index (χ2n) is 5.12. The molecule has 0 aliphatic carbocycles. The standard InChI is InChI=1S/C16H20Cl2O4/c1-3-5-8-16(14(19)20,15(21)22-4-2)10-11-6-7-12(17)9-13(11)18/h6-7,9H,3-5,8,10H2,1-2H3,(H,19,20). The van der Waals surface area contributed by atoms with Crippen LogP contribution in [0.25, 0.3) is 0 Å². The van der Waals surface area contributed by atoms with E-state index in [-0.39, 0.29) is 19.4 Å². The zero-order chi connectivity index (χ0) is 16.8. The van der Waals surface area contributed by atoms with Gasteiger partial charge in [-0.1, -0.05) is 49.0 Å². The zero-order valence-corrected chi connectivity index (χ0v) is 14.2. The molecule has 0 bridgehead atoms. The summed E-state index contributed by atoms with van der Waals surface area (Å²) in [6.07, 6.45) is 1.58. The summed E-state index contributed by atoms with van der Waals surface area (Å²) in [6.45, 7) is 3.72. The number of ether oxygens (including phenoxy) is 1. The highest BCUT2D eigenvalue weighted by molar-refractivity contribution is 6.35. The summed E-state index contributed by atoms with van der Waals surface area (Å²) in [4.78, 5) is 24.2. The van der Waals surface area contributed by atoms with Crippen LogP contribution < -0.4 is 0 Å². The van der Waals surface area contributed by atoms with Gasteiger partial charge in [-0.05, 0) is 31.0 Å². The van der Waals surface area contributed by atoms with Crippen molar-refractivity contribution < 1.29 is 19.4 Å². The second kappa shape index (κ2) is 8.39. The van der Waals surface area contributed by atoms with E-state index in [1.165, 1.54) is 6.07 Å². The number of benzene rings is 1. The van der Waals surface area contributed by atoms with Gasteiger partial charge < -0.3 is 9.84 Å². The molecule has 6 heteroatoms.